The Bertz CT molecular complexity index is 237. The fourth-order valence-electron chi connectivity index (χ4n) is 2.39. The Morgan fingerprint density at radius 1 is 1.35 bits per heavy atom. The number of carboxylic acid groups (broad SMARTS) is 1. The van der Waals surface area contributed by atoms with Crippen LogP contribution in [0.1, 0.15) is 51.9 Å². The minimum Gasteiger partial charge on any atom is -0.481 e. The predicted octanol–water partition coefficient (Wildman–Crippen LogP) is 1.77. The number of carbonyl (C=O) groups is 1. The molecule has 4 heteroatoms. The predicted molar refractivity (Wildman–Crippen MR) is 66.9 cm³/mol. The Morgan fingerprint density at radius 2 is 2.00 bits per heavy atom. The SMILES string of the molecule is CC(CCNCC1(O)CCCC1)CCC(=O)O. The van der Waals surface area contributed by atoms with E-state index in [0.29, 0.717) is 12.5 Å². The van der Waals surface area contributed by atoms with E-state index in [4.69, 9.17) is 5.11 Å². The molecule has 0 amide bonds. The van der Waals surface area contributed by atoms with E-state index in [1.807, 2.05) is 0 Å². The third-order valence-corrected chi connectivity index (χ3v) is 3.65. The third-order valence-electron chi connectivity index (χ3n) is 3.65. The second kappa shape index (κ2) is 6.97. The van der Waals surface area contributed by atoms with Gasteiger partial charge >= 0.3 is 5.97 Å². The molecule has 1 aliphatic carbocycles. The van der Waals surface area contributed by atoms with Gasteiger partial charge < -0.3 is 15.5 Å². The molecule has 1 fully saturated rings. The van der Waals surface area contributed by atoms with Crippen LogP contribution in [0.2, 0.25) is 0 Å². The van der Waals surface area contributed by atoms with Crippen LogP contribution in [0.3, 0.4) is 0 Å². The molecule has 0 aromatic carbocycles. The summed E-state index contributed by atoms with van der Waals surface area (Å²) in [5.41, 5.74) is -0.482. The second-order valence-electron chi connectivity index (χ2n) is 5.43. The Hall–Kier alpha value is -0.610. The molecule has 1 saturated carbocycles. The fourth-order valence-corrected chi connectivity index (χ4v) is 2.39. The minimum atomic E-state index is -0.718. The number of hydrogen-bond acceptors (Lipinski definition) is 3. The Morgan fingerprint density at radius 3 is 2.59 bits per heavy atom. The molecule has 17 heavy (non-hydrogen) atoms. The average molecular weight is 243 g/mol. The Labute approximate surface area is 103 Å². The van der Waals surface area contributed by atoms with E-state index in [1.54, 1.807) is 0 Å². The zero-order chi connectivity index (χ0) is 12.7. The summed E-state index contributed by atoms with van der Waals surface area (Å²) >= 11 is 0. The van der Waals surface area contributed by atoms with Crippen LogP contribution < -0.4 is 5.32 Å². The van der Waals surface area contributed by atoms with Gasteiger partial charge in [-0.1, -0.05) is 19.8 Å². The van der Waals surface area contributed by atoms with Gasteiger partial charge in [0.05, 0.1) is 5.60 Å². The summed E-state index contributed by atoms with van der Waals surface area (Å²) in [6.45, 7) is 3.62. The minimum absolute atomic E-state index is 0.255. The highest BCUT2D eigenvalue weighted by Gasteiger charge is 2.30. The highest BCUT2D eigenvalue weighted by molar-refractivity contribution is 5.66. The maximum atomic E-state index is 10.4. The van der Waals surface area contributed by atoms with Crippen molar-refractivity contribution >= 4 is 5.97 Å². The van der Waals surface area contributed by atoms with Crippen LogP contribution in [0, 0.1) is 5.92 Å². The van der Waals surface area contributed by atoms with E-state index in [1.165, 1.54) is 0 Å². The Kier molecular flexibility index (Phi) is 5.92. The number of rotatable bonds is 8. The molecular weight excluding hydrogens is 218 g/mol. The quantitative estimate of drug-likeness (QED) is 0.568. The third kappa shape index (κ3) is 6.03. The summed E-state index contributed by atoms with van der Waals surface area (Å²) in [6, 6.07) is 0. The van der Waals surface area contributed by atoms with Gasteiger partial charge in [0.25, 0.3) is 0 Å². The lowest BCUT2D eigenvalue weighted by Gasteiger charge is -2.22. The van der Waals surface area contributed by atoms with Crippen molar-refractivity contribution in [2.24, 2.45) is 5.92 Å². The van der Waals surface area contributed by atoms with Gasteiger partial charge in [-0.25, -0.2) is 0 Å². The topological polar surface area (TPSA) is 69.6 Å². The molecule has 0 aromatic rings. The molecule has 0 heterocycles. The molecule has 1 atom stereocenters. The molecule has 0 saturated heterocycles. The first kappa shape index (κ1) is 14.5. The highest BCUT2D eigenvalue weighted by Crippen LogP contribution is 2.28. The first-order valence-corrected chi connectivity index (χ1v) is 6.67. The smallest absolute Gasteiger partial charge is 0.303 e. The summed E-state index contributed by atoms with van der Waals surface area (Å²) in [7, 11) is 0. The van der Waals surface area contributed by atoms with E-state index in [0.717, 1.165) is 45.1 Å². The number of hydrogen-bond donors (Lipinski definition) is 3. The number of carboxylic acids is 1. The van der Waals surface area contributed by atoms with Gasteiger partial charge in [-0.05, 0) is 38.1 Å². The first-order chi connectivity index (χ1) is 8.02. The van der Waals surface area contributed by atoms with Crippen molar-refractivity contribution in [1.29, 1.82) is 0 Å². The zero-order valence-corrected chi connectivity index (χ0v) is 10.7. The van der Waals surface area contributed by atoms with Crippen LogP contribution >= 0.6 is 0 Å². The standard InChI is InChI=1S/C13H25NO3/c1-11(4-5-12(15)16)6-9-14-10-13(17)7-2-3-8-13/h11,14,17H,2-10H2,1H3,(H,15,16). The summed E-state index contributed by atoms with van der Waals surface area (Å²) in [5.74, 6) is -0.290. The van der Waals surface area contributed by atoms with Gasteiger partial charge in [-0.15, -0.1) is 0 Å². The lowest BCUT2D eigenvalue weighted by Crippen LogP contribution is -2.38. The maximum absolute atomic E-state index is 10.4. The fraction of sp³-hybridized carbons (Fsp3) is 0.923. The molecule has 1 aliphatic rings. The van der Waals surface area contributed by atoms with Gasteiger partial charge in [0.2, 0.25) is 0 Å². The van der Waals surface area contributed by atoms with Crippen LogP contribution in [0.15, 0.2) is 0 Å². The summed E-state index contributed by atoms with van der Waals surface area (Å²) < 4.78 is 0. The van der Waals surface area contributed by atoms with E-state index in [9.17, 15) is 9.90 Å². The molecule has 0 aromatic heterocycles. The van der Waals surface area contributed by atoms with Crippen LogP contribution in [-0.2, 0) is 4.79 Å². The number of aliphatic carboxylic acids is 1. The molecule has 100 valence electrons. The lowest BCUT2D eigenvalue weighted by atomic mass is 10.0. The molecule has 4 nitrogen and oxygen atoms in total. The summed E-state index contributed by atoms with van der Waals surface area (Å²) in [4.78, 5) is 10.4. The molecule has 0 bridgehead atoms. The van der Waals surface area contributed by atoms with Gasteiger partial charge in [0.15, 0.2) is 0 Å². The summed E-state index contributed by atoms with van der Waals surface area (Å²) in [5, 5.41) is 21.9. The molecular formula is C13H25NO3. The molecule has 1 unspecified atom stereocenters. The lowest BCUT2D eigenvalue weighted by molar-refractivity contribution is -0.137. The normalized spacial score (nSPS) is 20.4. The first-order valence-electron chi connectivity index (χ1n) is 6.67. The van der Waals surface area contributed by atoms with E-state index in [-0.39, 0.29) is 6.42 Å². The Balaban J connectivity index is 2.01. The molecule has 0 spiro atoms. The van der Waals surface area contributed by atoms with Crippen molar-refractivity contribution in [1.82, 2.24) is 5.32 Å². The molecule has 0 radical (unpaired) electrons. The van der Waals surface area contributed by atoms with E-state index >= 15 is 0 Å². The second-order valence-corrected chi connectivity index (χ2v) is 5.43. The monoisotopic (exact) mass is 243 g/mol. The van der Waals surface area contributed by atoms with Crippen molar-refractivity contribution in [2.45, 2.75) is 57.5 Å². The molecule has 0 aliphatic heterocycles. The number of aliphatic hydroxyl groups is 1. The highest BCUT2D eigenvalue weighted by atomic mass is 16.4. The van der Waals surface area contributed by atoms with Crippen molar-refractivity contribution in [3.05, 3.63) is 0 Å². The van der Waals surface area contributed by atoms with Crippen LogP contribution in [0.4, 0.5) is 0 Å². The average Bonchev–Trinajstić information content (AvgIpc) is 2.69. The van der Waals surface area contributed by atoms with Gasteiger partial charge in [0, 0.05) is 13.0 Å². The molecule has 3 N–H and O–H groups in total. The van der Waals surface area contributed by atoms with Crippen molar-refractivity contribution in [3.8, 4) is 0 Å². The van der Waals surface area contributed by atoms with Crippen molar-refractivity contribution < 1.29 is 15.0 Å². The van der Waals surface area contributed by atoms with E-state index < -0.39 is 11.6 Å². The van der Waals surface area contributed by atoms with Crippen LogP contribution in [-0.4, -0.2) is 34.9 Å². The summed E-state index contributed by atoms with van der Waals surface area (Å²) in [6.07, 6.45) is 6.05. The molecule has 1 rings (SSSR count). The van der Waals surface area contributed by atoms with Gasteiger partial charge in [-0.2, -0.15) is 0 Å². The maximum Gasteiger partial charge on any atom is 0.303 e. The van der Waals surface area contributed by atoms with Crippen LogP contribution in [0.5, 0.6) is 0 Å². The van der Waals surface area contributed by atoms with Crippen LogP contribution in [0.25, 0.3) is 0 Å². The largest absolute Gasteiger partial charge is 0.481 e. The van der Waals surface area contributed by atoms with E-state index in [2.05, 4.69) is 12.2 Å². The van der Waals surface area contributed by atoms with Crippen molar-refractivity contribution in [2.75, 3.05) is 13.1 Å². The van der Waals surface area contributed by atoms with Crippen molar-refractivity contribution in [3.63, 3.8) is 0 Å². The van der Waals surface area contributed by atoms with Gasteiger partial charge in [-0.3, -0.25) is 4.79 Å². The zero-order valence-electron chi connectivity index (χ0n) is 10.7. The number of nitrogens with one attached hydrogen (secondary N) is 1. The van der Waals surface area contributed by atoms with Gasteiger partial charge in [0.1, 0.15) is 0 Å².